The van der Waals surface area contributed by atoms with Crippen molar-refractivity contribution < 1.29 is 18.3 Å². The highest BCUT2D eigenvalue weighted by Crippen LogP contribution is 2.29. The van der Waals surface area contributed by atoms with Gasteiger partial charge in [0.25, 0.3) is 0 Å². The molecule has 102 valence electrons. The third kappa shape index (κ3) is 5.25. The van der Waals surface area contributed by atoms with Crippen molar-refractivity contribution in [1.82, 2.24) is 4.90 Å². The summed E-state index contributed by atoms with van der Waals surface area (Å²) in [7, 11) is 0. The van der Waals surface area contributed by atoms with Crippen molar-refractivity contribution in [1.29, 1.82) is 0 Å². The number of nitrogens with zero attached hydrogens (tertiary/aromatic N) is 1. The van der Waals surface area contributed by atoms with Crippen LogP contribution in [0.3, 0.4) is 0 Å². The molecule has 0 aromatic heterocycles. The summed E-state index contributed by atoms with van der Waals surface area (Å²) in [5.74, 6) is 0.185. The molecule has 2 atom stereocenters. The lowest BCUT2D eigenvalue weighted by atomic mass is 10.0. The first kappa shape index (κ1) is 14.8. The standard InChI is InChI=1S/C12H22F3NO/c1-9(2)16(8-12(13,14)15)7-6-10-4-3-5-11(10)17/h9-11,17H,3-8H2,1-2H3. The van der Waals surface area contributed by atoms with Crippen LogP contribution in [0.2, 0.25) is 0 Å². The van der Waals surface area contributed by atoms with Crippen LogP contribution in [-0.4, -0.2) is 41.4 Å². The Morgan fingerprint density at radius 3 is 2.35 bits per heavy atom. The Morgan fingerprint density at radius 2 is 1.94 bits per heavy atom. The van der Waals surface area contributed by atoms with E-state index < -0.39 is 12.7 Å². The highest BCUT2D eigenvalue weighted by Gasteiger charge is 2.32. The third-order valence-electron chi connectivity index (χ3n) is 3.52. The van der Waals surface area contributed by atoms with E-state index in [2.05, 4.69) is 0 Å². The SMILES string of the molecule is CC(C)N(CCC1CCCC1O)CC(F)(F)F. The molecule has 1 rings (SSSR count). The summed E-state index contributed by atoms with van der Waals surface area (Å²) in [6.07, 6.45) is -1.05. The van der Waals surface area contributed by atoms with Crippen LogP contribution in [0, 0.1) is 5.92 Å². The fraction of sp³-hybridized carbons (Fsp3) is 1.00. The van der Waals surface area contributed by atoms with Crippen LogP contribution >= 0.6 is 0 Å². The maximum Gasteiger partial charge on any atom is 0.401 e. The largest absolute Gasteiger partial charge is 0.401 e. The summed E-state index contributed by atoms with van der Waals surface area (Å²) in [4.78, 5) is 1.44. The van der Waals surface area contributed by atoms with E-state index in [9.17, 15) is 18.3 Å². The number of aliphatic hydroxyl groups excluding tert-OH is 1. The molecule has 1 fully saturated rings. The molecule has 2 nitrogen and oxygen atoms in total. The summed E-state index contributed by atoms with van der Waals surface area (Å²) < 4.78 is 37.1. The first-order valence-corrected chi connectivity index (χ1v) is 6.28. The van der Waals surface area contributed by atoms with Crippen LogP contribution in [0.1, 0.15) is 39.5 Å². The molecule has 0 aromatic rings. The molecule has 0 aromatic carbocycles. The van der Waals surface area contributed by atoms with Crippen LogP contribution < -0.4 is 0 Å². The van der Waals surface area contributed by atoms with Crippen molar-refractivity contribution in [3.8, 4) is 0 Å². The lowest BCUT2D eigenvalue weighted by Gasteiger charge is -2.29. The second-order valence-electron chi connectivity index (χ2n) is 5.23. The fourth-order valence-corrected chi connectivity index (χ4v) is 2.44. The second kappa shape index (κ2) is 6.05. The van der Waals surface area contributed by atoms with Gasteiger partial charge >= 0.3 is 6.18 Å². The first-order valence-electron chi connectivity index (χ1n) is 6.28. The van der Waals surface area contributed by atoms with Crippen LogP contribution in [0.15, 0.2) is 0 Å². The predicted molar refractivity (Wildman–Crippen MR) is 60.7 cm³/mol. The van der Waals surface area contributed by atoms with E-state index in [0.29, 0.717) is 13.0 Å². The van der Waals surface area contributed by atoms with Gasteiger partial charge in [-0.3, -0.25) is 4.90 Å². The molecular formula is C12H22F3NO. The number of alkyl halides is 3. The molecule has 0 heterocycles. The highest BCUT2D eigenvalue weighted by atomic mass is 19.4. The molecule has 1 N–H and O–H groups in total. The van der Waals surface area contributed by atoms with Crippen LogP contribution in [0.5, 0.6) is 0 Å². The fourth-order valence-electron chi connectivity index (χ4n) is 2.44. The van der Waals surface area contributed by atoms with Crippen molar-refractivity contribution in [2.75, 3.05) is 13.1 Å². The number of aliphatic hydroxyl groups is 1. The van der Waals surface area contributed by atoms with Gasteiger partial charge in [-0.25, -0.2) is 0 Å². The van der Waals surface area contributed by atoms with E-state index in [0.717, 1.165) is 19.3 Å². The lowest BCUT2D eigenvalue weighted by Crippen LogP contribution is -2.40. The van der Waals surface area contributed by atoms with Gasteiger partial charge in [-0.05, 0) is 45.6 Å². The zero-order chi connectivity index (χ0) is 13.1. The van der Waals surface area contributed by atoms with Gasteiger partial charge in [0.15, 0.2) is 0 Å². The summed E-state index contributed by atoms with van der Waals surface area (Å²) in [5.41, 5.74) is 0. The molecule has 0 spiro atoms. The van der Waals surface area contributed by atoms with Gasteiger partial charge in [-0.15, -0.1) is 0 Å². The van der Waals surface area contributed by atoms with E-state index in [1.807, 2.05) is 0 Å². The van der Waals surface area contributed by atoms with Crippen LogP contribution in [0.4, 0.5) is 13.2 Å². The Morgan fingerprint density at radius 1 is 1.29 bits per heavy atom. The van der Waals surface area contributed by atoms with Gasteiger partial charge < -0.3 is 5.11 Å². The lowest BCUT2D eigenvalue weighted by molar-refractivity contribution is -0.150. The maximum atomic E-state index is 12.4. The Hall–Kier alpha value is -0.290. The minimum Gasteiger partial charge on any atom is -0.393 e. The van der Waals surface area contributed by atoms with Gasteiger partial charge in [0.05, 0.1) is 12.6 Å². The molecule has 0 radical (unpaired) electrons. The number of halogens is 3. The smallest absolute Gasteiger partial charge is 0.393 e. The van der Waals surface area contributed by atoms with Crippen molar-refractivity contribution in [2.45, 2.75) is 57.9 Å². The molecule has 1 saturated carbocycles. The van der Waals surface area contributed by atoms with Crippen molar-refractivity contribution in [3.05, 3.63) is 0 Å². The van der Waals surface area contributed by atoms with E-state index in [1.54, 1.807) is 13.8 Å². The van der Waals surface area contributed by atoms with Gasteiger partial charge in [-0.2, -0.15) is 13.2 Å². The molecule has 17 heavy (non-hydrogen) atoms. The van der Waals surface area contributed by atoms with Crippen LogP contribution in [0.25, 0.3) is 0 Å². The van der Waals surface area contributed by atoms with Crippen LogP contribution in [-0.2, 0) is 0 Å². The molecule has 1 aliphatic carbocycles. The number of rotatable bonds is 5. The number of hydrogen-bond acceptors (Lipinski definition) is 2. The average molecular weight is 253 g/mol. The molecule has 5 heteroatoms. The molecular weight excluding hydrogens is 231 g/mol. The first-order chi connectivity index (χ1) is 7.79. The maximum absolute atomic E-state index is 12.4. The summed E-state index contributed by atoms with van der Waals surface area (Å²) >= 11 is 0. The molecule has 1 aliphatic rings. The Balaban J connectivity index is 2.39. The zero-order valence-electron chi connectivity index (χ0n) is 10.5. The molecule has 0 amide bonds. The van der Waals surface area contributed by atoms with Gasteiger partial charge in [0.1, 0.15) is 0 Å². The Labute approximate surface area is 101 Å². The zero-order valence-corrected chi connectivity index (χ0v) is 10.5. The van der Waals surface area contributed by atoms with E-state index >= 15 is 0 Å². The van der Waals surface area contributed by atoms with E-state index in [1.165, 1.54) is 4.90 Å². The average Bonchev–Trinajstić information content (AvgIpc) is 2.56. The Bertz CT molecular complexity index is 230. The topological polar surface area (TPSA) is 23.5 Å². The highest BCUT2D eigenvalue weighted by molar-refractivity contribution is 4.78. The quantitative estimate of drug-likeness (QED) is 0.814. The summed E-state index contributed by atoms with van der Waals surface area (Å²) in [6, 6.07) is -0.116. The Kier molecular flexibility index (Phi) is 5.25. The predicted octanol–water partition coefficient (Wildman–Crippen LogP) is 2.81. The number of hydrogen-bond donors (Lipinski definition) is 1. The molecule has 0 aliphatic heterocycles. The van der Waals surface area contributed by atoms with E-state index in [-0.39, 0.29) is 18.1 Å². The molecule has 0 saturated heterocycles. The normalized spacial score (nSPS) is 26.1. The van der Waals surface area contributed by atoms with E-state index in [4.69, 9.17) is 0 Å². The summed E-state index contributed by atoms with van der Waals surface area (Å²) in [6.45, 7) is 3.11. The van der Waals surface area contributed by atoms with Gasteiger partial charge in [-0.1, -0.05) is 6.42 Å². The molecule has 0 bridgehead atoms. The monoisotopic (exact) mass is 253 g/mol. The van der Waals surface area contributed by atoms with Gasteiger partial charge in [0, 0.05) is 6.04 Å². The minimum absolute atomic E-state index is 0.116. The van der Waals surface area contributed by atoms with Gasteiger partial charge in [0.2, 0.25) is 0 Å². The van der Waals surface area contributed by atoms with Crippen molar-refractivity contribution in [2.24, 2.45) is 5.92 Å². The third-order valence-corrected chi connectivity index (χ3v) is 3.52. The van der Waals surface area contributed by atoms with Crippen molar-refractivity contribution >= 4 is 0 Å². The summed E-state index contributed by atoms with van der Waals surface area (Å²) in [5, 5.41) is 9.63. The molecule has 2 unspecified atom stereocenters. The second-order valence-corrected chi connectivity index (χ2v) is 5.23. The van der Waals surface area contributed by atoms with Crippen molar-refractivity contribution in [3.63, 3.8) is 0 Å². The minimum atomic E-state index is -4.14.